The molecule has 0 unspecified atom stereocenters. The zero-order valence-corrected chi connectivity index (χ0v) is 23.5. The lowest BCUT2D eigenvalue weighted by molar-refractivity contribution is -0.384. The van der Waals surface area contributed by atoms with Crippen molar-refractivity contribution in [2.24, 2.45) is 0 Å². The third-order valence-corrected chi connectivity index (χ3v) is 8.14. The first-order chi connectivity index (χ1) is 17.9. The molecule has 11 nitrogen and oxygen atoms in total. The largest absolute Gasteiger partial charge is 0.495 e. The Morgan fingerprint density at radius 1 is 0.692 bits per heavy atom. The number of nitro groups is 2. The smallest absolute Gasteiger partial charge is 0.399 e. The van der Waals surface area contributed by atoms with Gasteiger partial charge in [0.15, 0.2) is 0 Å². The second-order valence-electron chi connectivity index (χ2n) is 11.7. The van der Waals surface area contributed by atoms with Crippen molar-refractivity contribution in [2.75, 3.05) is 4.90 Å². The molecule has 2 aromatic carbocycles. The topological polar surface area (TPSA) is 126 Å². The Hall–Kier alpha value is -3.25. The third kappa shape index (κ3) is 4.95. The Morgan fingerprint density at radius 2 is 1.00 bits per heavy atom. The fourth-order valence-electron chi connectivity index (χ4n) is 4.36. The van der Waals surface area contributed by atoms with Crippen LogP contribution in [-0.2, 0) is 18.6 Å². The predicted octanol–water partition coefficient (Wildman–Crippen LogP) is 4.38. The molecule has 0 radical (unpaired) electrons. The average Bonchev–Trinajstić information content (AvgIpc) is 3.19. The van der Waals surface area contributed by atoms with Crippen molar-refractivity contribution in [3.8, 4) is 0 Å². The van der Waals surface area contributed by atoms with E-state index < -0.39 is 46.5 Å². The molecule has 2 heterocycles. The van der Waals surface area contributed by atoms with Crippen LogP contribution < -0.4 is 15.8 Å². The van der Waals surface area contributed by atoms with Crippen LogP contribution in [-0.4, -0.2) is 46.5 Å². The first-order valence-corrected chi connectivity index (χ1v) is 12.6. The maximum atomic E-state index is 12.2. The van der Waals surface area contributed by atoms with Crippen LogP contribution in [0.2, 0.25) is 0 Å². The maximum Gasteiger partial charge on any atom is 0.495 e. The van der Waals surface area contributed by atoms with Crippen LogP contribution in [0.3, 0.4) is 0 Å². The highest BCUT2D eigenvalue weighted by Crippen LogP contribution is 2.41. The Bertz CT molecular complexity index is 1210. The zero-order chi connectivity index (χ0) is 29.1. The van der Waals surface area contributed by atoms with Crippen molar-refractivity contribution in [3.63, 3.8) is 0 Å². The number of nitrogens with zero attached hydrogens (tertiary/aromatic N) is 3. The normalized spacial score (nSPS) is 20.6. The molecular weight excluding hydrogens is 504 g/mol. The van der Waals surface area contributed by atoms with Crippen molar-refractivity contribution in [1.29, 1.82) is 0 Å². The molecule has 2 fully saturated rings. The summed E-state index contributed by atoms with van der Waals surface area (Å²) in [6.07, 6.45) is 1.30. The molecule has 2 aliphatic heterocycles. The van der Waals surface area contributed by atoms with E-state index in [4.69, 9.17) is 18.6 Å². The summed E-state index contributed by atoms with van der Waals surface area (Å²) in [5.74, 6) is 0. The first-order valence-electron chi connectivity index (χ1n) is 12.6. The second kappa shape index (κ2) is 9.44. The highest BCUT2D eigenvalue weighted by atomic mass is 16.7. The Morgan fingerprint density at radius 3 is 1.26 bits per heavy atom. The number of hydrogen-bond donors (Lipinski definition) is 0. The van der Waals surface area contributed by atoms with Gasteiger partial charge in [-0.15, -0.1) is 0 Å². The molecule has 13 heteroatoms. The third-order valence-electron chi connectivity index (χ3n) is 8.14. The molecule has 0 N–H and O–H groups in total. The fraction of sp³-hybridized carbons (Fsp3) is 0.462. The number of rotatable bonds is 7. The molecule has 0 aromatic heterocycles. The summed E-state index contributed by atoms with van der Waals surface area (Å²) in [7, 11) is -1.62. The van der Waals surface area contributed by atoms with E-state index in [1.54, 1.807) is 12.1 Å². The molecule has 0 aliphatic carbocycles. The fourth-order valence-corrected chi connectivity index (χ4v) is 4.36. The SMILES string of the molecule is C=CN(c1ccc(B2OC(C)(C)C(C)(C)O2)cc1[N+](=O)[O-])c1ccc(B2OC(C)(C)C(C)(C)O2)cc1[N+](=O)[O-]. The molecule has 2 aliphatic rings. The van der Waals surface area contributed by atoms with E-state index in [0.717, 1.165) is 0 Å². The quantitative estimate of drug-likeness (QED) is 0.287. The summed E-state index contributed by atoms with van der Waals surface area (Å²) in [5.41, 5.74) is -1.97. The minimum Gasteiger partial charge on any atom is -0.399 e. The van der Waals surface area contributed by atoms with Gasteiger partial charge < -0.3 is 23.5 Å². The highest BCUT2D eigenvalue weighted by molar-refractivity contribution is 6.62. The van der Waals surface area contributed by atoms with Crippen molar-refractivity contribution in [1.82, 2.24) is 0 Å². The molecule has 206 valence electrons. The van der Waals surface area contributed by atoms with E-state index in [9.17, 15) is 20.2 Å². The summed E-state index contributed by atoms with van der Waals surface area (Å²) in [5, 5.41) is 24.3. The van der Waals surface area contributed by atoms with Crippen LogP contribution in [0.4, 0.5) is 22.7 Å². The van der Waals surface area contributed by atoms with Crippen molar-refractivity contribution >= 4 is 47.9 Å². The summed E-state index contributed by atoms with van der Waals surface area (Å²) in [6, 6.07) is 9.02. The van der Waals surface area contributed by atoms with Gasteiger partial charge in [-0.05, 0) is 78.4 Å². The predicted molar refractivity (Wildman–Crippen MR) is 150 cm³/mol. The lowest BCUT2D eigenvalue weighted by atomic mass is 9.78. The van der Waals surface area contributed by atoms with Gasteiger partial charge in [0, 0.05) is 18.3 Å². The molecule has 39 heavy (non-hydrogen) atoms. The minimum atomic E-state index is -0.812. The molecule has 4 rings (SSSR count). The maximum absolute atomic E-state index is 12.2. The van der Waals surface area contributed by atoms with Gasteiger partial charge in [0.05, 0.1) is 32.3 Å². The van der Waals surface area contributed by atoms with Crippen LogP contribution >= 0.6 is 0 Å². The van der Waals surface area contributed by atoms with Gasteiger partial charge in [-0.25, -0.2) is 0 Å². The molecule has 2 saturated heterocycles. The lowest BCUT2D eigenvalue weighted by Crippen LogP contribution is -2.41. The second-order valence-corrected chi connectivity index (χ2v) is 11.7. The Kier molecular flexibility index (Phi) is 6.96. The van der Waals surface area contributed by atoms with Crippen LogP contribution in [0.5, 0.6) is 0 Å². The van der Waals surface area contributed by atoms with E-state index in [0.29, 0.717) is 10.9 Å². The average molecular weight is 537 g/mol. The number of nitro benzene ring substituents is 2. The van der Waals surface area contributed by atoms with Crippen LogP contribution in [0.15, 0.2) is 49.2 Å². The molecule has 0 atom stereocenters. The summed E-state index contributed by atoms with van der Waals surface area (Å²) in [6.45, 7) is 18.9. The monoisotopic (exact) mass is 537 g/mol. The Balaban J connectivity index is 1.74. The van der Waals surface area contributed by atoms with E-state index >= 15 is 0 Å². The summed E-state index contributed by atoms with van der Waals surface area (Å²) < 4.78 is 24.2. The zero-order valence-electron chi connectivity index (χ0n) is 23.5. The van der Waals surface area contributed by atoms with Gasteiger partial charge >= 0.3 is 14.2 Å². The van der Waals surface area contributed by atoms with E-state index in [1.807, 2.05) is 55.4 Å². The number of hydrogen-bond acceptors (Lipinski definition) is 9. The highest BCUT2D eigenvalue weighted by Gasteiger charge is 2.53. The van der Waals surface area contributed by atoms with Gasteiger partial charge in [-0.3, -0.25) is 20.2 Å². The minimum absolute atomic E-state index is 0.0988. The van der Waals surface area contributed by atoms with E-state index in [1.165, 1.54) is 35.4 Å². The number of benzene rings is 2. The summed E-state index contributed by atoms with van der Waals surface area (Å²) in [4.78, 5) is 24.5. The Labute approximate surface area is 228 Å². The van der Waals surface area contributed by atoms with Crippen molar-refractivity contribution < 1.29 is 28.5 Å². The molecule has 0 amide bonds. The standard InChI is InChI=1S/C26H33B2N3O8/c1-10-29(19-13-11-17(15-21(19)30(32)33)27-36-23(2,3)24(4,5)37-27)20-14-12-18(16-22(20)31(34)35)28-38-25(6,7)26(8,9)39-28/h10-16H,1H2,2-9H3. The van der Waals surface area contributed by atoms with Crippen LogP contribution in [0.25, 0.3) is 0 Å². The van der Waals surface area contributed by atoms with Crippen molar-refractivity contribution in [3.05, 3.63) is 69.4 Å². The molecule has 0 saturated carbocycles. The van der Waals surface area contributed by atoms with Gasteiger partial charge in [-0.2, -0.15) is 0 Å². The molecular formula is C26H33B2N3O8. The first kappa shape index (κ1) is 28.8. The van der Waals surface area contributed by atoms with Crippen molar-refractivity contribution in [2.45, 2.75) is 77.8 Å². The lowest BCUT2D eigenvalue weighted by Gasteiger charge is -2.32. The van der Waals surface area contributed by atoms with Crippen LogP contribution in [0.1, 0.15) is 55.4 Å². The van der Waals surface area contributed by atoms with Gasteiger partial charge in [-0.1, -0.05) is 18.7 Å². The summed E-state index contributed by atoms with van der Waals surface area (Å²) >= 11 is 0. The van der Waals surface area contributed by atoms with E-state index in [-0.39, 0.29) is 22.7 Å². The molecule has 2 aromatic rings. The molecule has 0 spiro atoms. The van der Waals surface area contributed by atoms with Gasteiger partial charge in [0.1, 0.15) is 11.4 Å². The molecule has 0 bridgehead atoms. The number of anilines is 2. The van der Waals surface area contributed by atoms with E-state index in [2.05, 4.69) is 6.58 Å². The van der Waals surface area contributed by atoms with Crippen LogP contribution in [0, 0.1) is 20.2 Å². The van der Waals surface area contributed by atoms with Gasteiger partial charge in [0.2, 0.25) is 0 Å². The van der Waals surface area contributed by atoms with Gasteiger partial charge in [0.25, 0.3) is 11.4 Å².